The fourth-order valence-electron chi connectivity index (χ4n) is 5.26. The molecule has 1 aliphatic heterocycles. The van der Waals surface area contributed by atoms with Crippen molar-refractivity contribution in [2.24, 2.45) is 5.92 Å². The minimum Gasteiger partial charge on any atom is -0.497 e. The lowest BCUT2D eigenvalue weighted by atomic mass is 9.66. The van der Waals surface area contributed by atoms with E-state index in [1.54, 1.807) is 7.11 Å². The Hall–Kier alpha value is -2.37. The van der Waals surface area contributed by atoms with Crippen LogP contribution in [0.2, 0.25) is 0 Å². The number of anilines is 1. The van der Waals surface area contributed by atoms with Crippen LogP contribution < -0.4 is 15.0 Å². The van der Waals surface area contributed by atoms with Gasteiger partial charge in [0.05, 0.1) is 19.3 Å². The SMILES string of the molecule is COc1ccc([C@@H]2[C@@H]3CCCC[C@@]3(O)CC[NH+]2CC(=O)Nc2ccccc2)cc1. The number of hydrogen-bond acceptors (Lipinski definition) is 3. The fourth-order valence-corrected chi connectivity index (χ4v) is 5.26. The van der Waals surface area contributed by atoms with Gasteiger partial charge in [0.15, 0.2) is 6.54 Å². The Balaban J connectivity index is 1.57. The number of carbonyl (C=O) groups excluding carboxylic acids is 1. The first kappa shape index (κ1) is 19.9. The van der Waals surface area contributed by atoms with E-state index in [0.717, 1.165) is 50.1 Å². The van der Waals surface area contributed by atoms with Crippen molar-refractivity contribution in [1.29, 1.82) is 0 Å². The van der Waals surface area contributed by atoms with E-state index in [2.05, 4.69) is 17.4 Å². The number of ether oxygens (including phenoxy) is 1. The van der Waals surface area contributed by atoms with Gasteiger partial charge in [-0.1, -0.05) is 31.0 Å². The molecular weight excluding hydrogens is 364 g/mol. The molecule has 4 atom stereocenters. The number of methoxy groups -OCH3 is 1. The summed E-state index contributed by atoms with van der Waals surface area (Å²) < 4.78 is 5.32. The molecule has 2 aromatic carbocycles. The molecule has 2 aliphatic rings. The zero-order valence-corrected chi connectivity index (χ0v) is 17.1. The second-order valence-electron chi connectivity index (χ2n) is 8.46. The third-order valence-electron chi connectivity index (χ3n) is 6.71. The van der Waals surface area contributed by atoms with Gasteiger partial charge in [-0.3, -0.25) is 4.79 Å². The summed E-state index contributed by atoms with van der Waals surface area (Å²) in [5.41, 5.74) is 1.39. The van der Waals surface area contributed by atoms with Crippen molar-refractivity contribution in [2.75, 3.05) is 25.5 Å². The van der Waals surface area contributed by atoms with Crippen LogP contribution in [0.25, 0.3) is 0 Å². The first-order valence-corrected chi connectivity index (χ1v) is 10.6. The molecule has 0 radical (unpaired) electrons. The van der Waals surface area contributed by atoms with Gasteiger partial charge in [-0.2, -0.15) is 0 Å². The highest BCUT2D eigenvalue weighted by Crippen LogP contribution is 2.44. The molecule has 2 aromatic rings. The molecule has 154 valence electrons. The Labute approximate surface area is 172 Å². The van der Waals surface area contributed by atoms with Gasteiger partial charge in [-0.05, 0) is 49.2 Å². The van der Waals surface area contributed by atoms with Gasteiger partial charge in [0, 0.05) is 23.6 Å². The van der Waals surface area contributed by atoms with Crippen molar-refractivity contribution in [2.45, 2.75) is 43.7 Å². The molecule has 5 heteroatoms. The topological polar surface area (TPSA) is 63.0 Å². The number of rotatable bonds is 5. The van der Waals surface area contributed by atoms with Crippen LogP contribution in [-0.4, -0.2) is 36.8 Å². The quantitative estimate of drug-likeness (QED) is 0.729. The summed E-state index contributed by atoms with van der Waals surface area (Å²) in [4.78, 5) is 14.0. The number of piperidine rings is 1. The monoisotopic (exact) mass is 395 g/mol. The second kappa shape index (κ2) is 8.56. The third kappa shape index (κ3) is 4.31. The number of carbonyl (C=O) groups is 1. The number of aliphatic hydroxyl groups is 1. The molecule has 3 N–H and O–H groups in total. The largest absolute Gasteiger partial charge is 0.497 e. The maximum absolute atomic E-state index is 12.8. The van der Waals surface area contributed by atoms with Gasteiger partial charge in [-0.25, -0.2) is 0 Å². The Morgan fingerprint density at radius 1 is 1.14 bits per heavy atom. The third-order valence-corrected chi connectivity index (χ3v) is 6.71. The maximum Gasteiger partial charge on any atom is 0.279 e. The van der Waals surface area contributed by atoms with Crippen LogP contribution in [0.1, 0.15) is 43.7 Å². The summed E-state index contributed by atoms with van der Waals surface area (Å²) in [6, 6.07) is 17.9. The van der Waals surface area contributed by atoms with Crippen LogP contribution in [0.4, 0.5) is 5.69 Å². The normalized spacial score (nSPS) is 29.0. The molecular formula is C24H31N2O3+. The van der Waals surface area contributed by atoms with Crippen molar-refractivity contribution < 1.29 is 19.5 Å². The number of quaternary nitrogens is 1. The molecule has 2 fully saturated rings. The summed E-state index contributed by atoms with van der Waals surface area (Å²) in [6.45, 7) is 1.20. The van der Waals surface area contributed by atoms with Gasteiger partial charge >= 0.3 is 0 Å². The first-order chi connectivity index (χ1) is 14.1. The zero-order chi connectivity index (χ0) is 20.3. The molecule has 1 saturated heterocycles. The summed E-state index contributed by atoms with van der Waals surface area (Å²) in [6.07, 6.45) is 4.87. The number of fused-ring (bicyclic) bond motifs is 1. The van der Waals surface area contributed by atoms with Crippen LogP contribution in [0.5, 0.6) is 5.75 Å². The highest BCUT2D eigenvalue weighted by atomic mass is 16.5. The number of hydrogen-bond donors (Lipinski definition) is 3. The molecule has 1 saturated carbocycles. The Kier molecular flexibility index (Phi) is 5.88. The van der Waals surface area contributed by atoms with E-state index in [4.69, 9.17) is 4.74 Å². The highest BCUT2D eigenvalue weighted by Gasteiger charge is 2.51. The summed E-state index contributed by atoms with van der Waals surface area (Å²) in [5, 5.41) is 14.4. The molecule has 1 amide bonds. The van der Waals surface area contributed by atoms with E-state index < -0.39 is 5.60 Å². The minimum atomic E-state index is -0.609. The van der Waals surface area contributed by atoms with Crippen LogP contribution in [0.15, 0.2) is 54.6 Å². The van der Waals surface area contributed by atoms with Crippen LogP contribution >= 0.6 is 0 Å². The molecule has 1 heterocycles. The standard InChI is InChI=1S/C24H30N2O3/c1-29-20-12-10-18(11-13-20)23-21-9-5-6-14-24(21,28)15-16-26(23)17-22(27)25-19-7-3-2-4-8-19/h2-4,7-8,10-13,21,23,28H,5-6,9,14-17H2,1H3,(H,25,27)/p+1/t21-,23+,24+/m0/s1. The predicted octanol–water partition coefficient (Wildman–Crippen LogP) is 2.58. The number of benzene rings is 2. The fraction of sp³-hybridized carbons (Fsp3) is 0.458. The minimum absolute atomic E-state index is 0.0194. The second-order valence-corrected chi connectivity index (χ2v) is 8.46. The van der Waals surface area contributed by atoms with Crippen molar-refractivity contribution in [3.8, 4) is 5.75 Å². The van der Waals surface area contributed by atoms with Crippen molar-refractivity contribution in [1.82, 2.24) is 0 Å². The summed E-state index contributed by atoms with van der Waals surface area (Å²) in [5.74, 6) is 1.02. The van der Waals surface area contributed by atoms with Crippen LogP contribution in [0.3, 0.4) is 0 Å². The Morgan fingerprint density at radius 2 is 1.90 bits per heavy atom. The van der Waals surface area contributed by atoms with Crippen molar-refractivity contribution in [3.63, 3.8) is 0 Å². The Morgan fingerprint density at radius 3 is 2.62 bits per heavy atom. The van der Waals surface area contributed by atoms with E-state index in [1.165, 1.54) is 10.5 Å². The number of amides is 1. The predicted molar refractivity (Wildman–Crippen MR) is 113 cm³/mol. The molecule has 1 aliphatic carbocycles. The van der Waals surface area contributed by atoms with Crippen LogP contribution in [0, 0.1) is 5.92 Å². The lowest BCUT2D eigenvalue weighted by Crippen LogP contribution is -3.16. The van der Waals surface area contributed by atoms with Gasteiger partial charge in [-0.15, -0.1) is 0 Å². The lowest BCUT2D eigenvalue weighted by Gasteiger charge is -2.50. The molecule has 5 nitrogen and oxygen atoms in total. The molecule has 0 spiro atoms. The molecule has 29 heavy (non-hydrogen) atoms. The molecule has 0 aromatic heterocycles. The lowest BCUT2D eigenvalue weighted by molar-refractivity contribution is -0.937. The smallest absolute Gasteiger partial charge is 0.279 e. The van der Waals surface area contributed by atoms with Gasteiger partial charge < -0.3 is 20.1 Å². The van der Waals surface area contributed by atoms with Crippen molar-refractivity contribution in [3.05, 3.63) is 60.2 Å². The van der Waals surface area contributed by atoms with Gasteiger partial charge in [0.2, 0.25) is 0 Å². The highest BCUT2D eigenvalue weighted by molar-refractivity contribution is 5.91. The van der Waals surface area contributed by atoms with E-state index in [1.807, 2.05) is 42.5 Å². The first-order valence-electron chi connectivity index (χ1n) is 10.6. The average Bonchev–Trinajstić information content (AvgIpc) is 2.74. The van der Waals surface area contributed by atoms with E-state index in [0.29, 0.717) is 6.54 Å². The van der Waals surface area contributed by atoms with E-state index in [9.17, 15) is 9.90 Å². The summed E-state index contributed by atoms with van der Waals surface area (Å²) in [7, 11) is 1.67. The van der Waals surface area contributed by atoms with Crippen LogP contribution in [-0.2, 0) is 4.79 Å². The number of likely N-dealkylation sites (tertiary alicyclic amines) is 1. The average molecular weight is 396 g/mol. The zero-order valence-electron chi connectivity index (χ0n) is 17.1. The van der Waals surface area contributed by atoms with E-state index in [-0.39, 0.29) is 17.9 Å². The Bertz CT molecular complexity index is 824. The molecule has 1 unspecified atom stereocenters. The molecule has 4 rings (SSSR count). The maximum atomic E-state index is 12.8. The van der Waals surface area contributed by atoms with Crippen molar-refractivity contribution >= 4 is 11.6 Å². The van der Waals surface area contributed by atoms with E-state index >= 15 is 0 Å². The number of nitrogens with one attached hydrogen (secondary N) is 2. The summed E-state index contributed by atoms with van der Waals surface area (Å²) >= 11 is 0. The molecule has 0 bridgehead atoms. The van der Waals surface area contributed by atoms with Gasteiger partial charge in [0.1, 0.15) is 11.8 Å². The number of para-hydroxylation sites is 1. The van der Waals surface area contributed by atoms with Gasteiger partial charge in [0.25, 0.3) is 5.91 Å².